The van der Waals surface area contributed by atoms with Gasteiger partial charge in [-0.3, -0.25) is 0 Å². The Hall–Kier alpha value is -2.79. The molecule has 6 nitrogen and oxygen atoms in total. The highest BCUT2D eigenvalue weighted by Gasteiger charge is 2.34. The summed E-state index contributed by atoms with van der Waals surface area (Å²) in [5.41, 5.74) is 13.0. The summed E-state index contributed by atoms with van der Waals surface area (Å²) >= 11 is 1.30. The van der Waals surface area contributed by atoms with Gasteiger partial charge < -0.3 is 16.2 Å². The predicted octanol–water partition coefficient (Wildman–Crippen LogP) is 2.14. The van der Waals surface area contributed by atoms with Gasteiger partial charge in [0.1, 0.15) is 23.3 Å². The van der Waals surface area contributed by atoms with E-state index in [4.69, 9.17) is 16.2 Å². The van der Waals surface area contributed by atoms with E-state index >= 15 is 0 Å². The van der Waals surface area contributed by atoms with E-state index in [0.717, 1.165) is 0 Å². The average molecular weight is 329 g/mol. The first-order valence-corrected chi connectivity index (χ1v) is 7.82. The molecule has 0 radical (unpaired) electrons. The number of rotatable bonds is 2. The van der Waals surface area contributed by atoms with Crippen LogP contribution >= 0.6 is 11.8 Å². The normalized spacial score (nSPS) is 16.5. The summed E-state index contributed by atoms with van der Waals surface area (Å²) in [6, 6.07) is 7.90. The Labute approximate surface area is 136 Å². The molecule has 1 aliphatic heterocycles. The number of halogens is 1. The first-order chi connectivity index (χ1) is 11.0. The summed E-state index contributed by atoms with van der Waals surface area (Å²) in [4.78, 5) is 8.42. The third kappa shape index (κ3) is 2.55. The van der Waals surface area contributed by atoms with Crippen molar-refractivity contribution < 1.29 is 9.13 Å². The van der Waals surface area contributed by atoms with Gasteiger partial charge in [0.25, 0.3) is 0 Å². The lowest BCUT2D eigenvalue weighted by molar-refractivity contribution is 0.372. The van der Waals surface area contributed by atoms with Crippen LogP contribution in [-0.2, 0) is 0 Å². The molecule has 0 unspecified atom stereocenters. The largest absolute Gasteiger partial charge is 0.422 e. The van der Waals surface area contributed by atoms with Crippen LogP contribution in [0.1, 0.15) is 17.0 Å². The Morgan fingerprint density at radius 3 is 2.78 bits per heavy atom. The maximum atomic E-state index is 13.6. The van der Waals surface area contributed by atoms with Crippen LogP contribution in [0.25, 0.3) is 0 Å². The fourth-order valence-corrected chi connectivity index (χ4v) is 2.83. The van der Waals surface area contributed by atoms with Crippen LogP contribution in [0.5, 0.6) is 5.88 Å². The molecule has 2 aromatic rings. The van der Waals surface area contributed by atoms with Crippen LogP contribution < -0.4 is 16.2 Å². The molecule has 0 saturated carbocycles. The highest BCUT2D eigenvalue weighted by atomic mass is 32.2. The number of nitriles is 1. The van der Waals surface area contributed by atoms with E-state index in [1.165, 1.54) is 23.9 Å². The molecule has 0 bridgehead atoms. The maximum absolute atomic E-state index is 13.6. The van der Waals surface area contributed by atoms with Gasteiger partial charge in [0.15, 0.2) is 5.16 Å². The summed E-state index contributed by atoms with van der Waals surface area (Å²) < 4.78 is 19.1. The monoisotopic (exact) mass is 329 g/mol. The van der Waals surface area contributed by atoms with Crippen LogP contribution in [0.3, 0.4) is 0 Å². The topological polar surface area (TPSA) is 111 Å². The van der Waals surface area contributed by atoms with Crippen molar-refractivity contribution in [3.63, 3.8) is 0 Å². The van der Waals surface area contributed by atoms with Crippen molar-refractivity contribution in [3.8, 4) is 11.9 Å². The third-order valence-electron chi connectivity index (χ3n) is 3.45. The van der Waals surface area contributed by atoms with Gasteiger partial charge in [0.2, 0.25) is 11.8 Å². The standard InChI is InChI=1S/C15H12FN5OS/c1-23-15-20-12(18)11-10(7-3-2-4-8(16)5-7)9(6-17)13(19)22-14(11)21-15/h2-5,10H,19H2,1H3,(H2,18,20,21)/t10-/m1/s1. The number of nitrogens with zero attached hydrogens (tertiary/aromatic N) is 3. The van der Waals surface area contributed by atoms with Gasteiger partial charge in [-0.1, -0.05) is 23.9 Å². The van der Waals surface area contributed by atoms with Crippen LogP contribution in [0.4, 0.5) is 10.2 Å². The number of fused-ring (bicyclic) bond motifs is 1. The number of anilines is 1. The second-order valence-electron chi connectivity index (χ2n) is 4.79. The summed E-state index contributed by atoms with van der Waals surface area (Å²) in [5, 5.41) is 9.86. The number of hydrogen-bond acceptors (Lipinski definition) is 7. The van der Waals surface area contributed by atoms with Gasteiger partial charge in [-0.15, -0.1) is 0 Å². The smallest absolute Gasteiger partial charge is 0.231 e. The van der Waals surface area contributed by atoms with E-state index < -0.39 is 11.7 Å². The zero-order chi connectivity index (χ0) is 16.6. The number of hydrogen-bond donors (Lipinski definition) is 2. The second-order valence-corrected chi connectivity index (χ2v) is 5.57. The lowest BCUT2D eigenvalue weighted by Crippen LogP contribution is -2.23. The zero-order valence-electron chi connectivity index (χ0n) is 12.1. The Morgan fingerprint density at radius 1 is 1.35 bits per heavy atom. The molecule has 23 heavy (non-hydrogen) atoms. The van der Waals surface area contributed by atoms with Crippen LogP contribution in [0.2, 0.25) is 0 Å². The van der Waals surface area contributed by atoms with Crippen molar-refractivity contribution >= 4 is 17.6 Å². The number of benzene rings is 1. The summed E-state index contributed by atoms with van der Waals surface area (Å²) in [6.45, 7) is 0. The molecule has 1 aromatic heterocycles. The fourth-order valence-electron chi connectivity index (χ4n) is 2.47. The molecule has 0 spiro atoms. The Bertz CT molecular complexity index is 861. The first-order valence-electron chi connectivity index (χ1n) is 6.59. The highest BCUT2D eigenvalue weighted by molar-refractivity contribution is 7.98. The number of ether oxygens (including phenoxy) is 1. The lowest BCUT2D eigenvalue weighted by atomic mass is 9.84. The van der Waals surface area contributed by atoms with E-state index in [9.17, 15) is 9.65 Å². The minimum atomic E-state index is -0.671. The number of allylic oxidation sites excluding steroid dienone is 1. The number of thioether (sulfide) groups is 1. The summed E-state index contributed by atoms with van der Waals surface area (Å²) in [7, 11) is 0. The summed E-state index contributed by atoms with van der Waals surface area (Å²) in [6.07, 6.45) is 1.80. The van der Waals surface area contributed by atoms with Gasteiger partial charge in [-0.25, -0.2) is 9.37 Å². The van der Waals surface area contributed by atoms with Gasteiger partial charge >= 0.3 is 0 Å². The first kappa shape index (κ1) is 15.1. The Kier molecular flexibility index (Phi) is 3.80. The van der Waals surface area contributed by atoms with Crippen molar-refractivity contribution in [2.45, 2.75) is 11.1 Å². The van der Waals surface area contributed by atoms with E-state index in [1.54, 1.807) is 18.4 Å². The Balaban J connectivity index is 2.27. The van der Waals surface area contributed by atoms with Crippen molar-refractivity contribution in [1.29, 1.82) is 5.26 Å². The Morgan fingerprint density at radius 2 is 2.13 bits per heavy atom. The van der Waals surface area contributed by atoms with Gasteiger partial charge in [-0.05, 0) is 24.0 Å². The molecule has 4 N–H and O–H groups in total. The quantitative estimate of drug-likeness (QED) is 0.641. The lowest BCUT2D eigenvalue weighted by Gasteiger charge is -2.26. The van der Waals surface area contributed by atoms with Crippen molar-refractivity contribution in [2.24, 2.45) is 5.73 Å². The molecular weight excluding hydrogens is 317 g/mol. The van der Waals surface area contributed by atoms with Gasteiger partial charge in [-0.2, -0.15) is 10.2 Å². The van der Waals surface area contributed by atoms with E-state index in [0.29, 0.717) is 16.3 Å². The maximum Gasteiger partial charge on any atom is 0.231 e. The molecule has 2 heterocycles. The summed E-state index contributed by atoms with van der Waals surface area (Å²) in [5.74, 6) is -0.803. The molecular formula is C15H12FN5OS. The number of nitrogen functional groups attached to an aromatic ring is 1. The van der Waals surface area contributed by atoms with Crippen molar-refractivity contribution in [3.05, 3.63) is 52.7 Å². The third-order valence-corrected chi connectivity index (χ3v) is 4.00. The van der Waals surface area contributed by atoms with Gasteiger partial charge in [0.05, 0.1) is 11.5 Å². The molecule has 0 aliphatic carbocycles. The minimum absolute atomic E-state index is 0.0700. The van der Waals surface area contributed by atoms with Crippen LogP contribution in [0.15, 0.2) is 40.9 Å². The molecule has 1 atom stereocenters. The van der Waals surface area contributed by atoms with Gasteiger partial charge in [0, 0.05) is 0 Å². The molecule has 8 heteroatoms. The average Bonchev–Trinajstić information content (AvgIpc) is 2.53. The molecule has 0 saturated heterocycles. The van der Waals surface area contributed by atoms with Crippen molar-refractivity contribution in [2.75, 3.05) is 12.0 Å². The second kappa shape index (κ2) is 5.78. The molecule has 1 aliphatic rings. The van der Waals surface area contributed by atoms with Crippen molar-refractivity contribution in [1.82, 2.24) is 9.97 Å². The molecule has 116 valence electrons. The highest BCUT2D eigenvalue weighted by Crippen LogP contribution is 2.43. The fraction of sp³-hybridized carbons (Fsp3) is 0.133. The predicted molar refractivity (Wildman–Crippen MR) is 83.9 cm³/mol. The number of aromatic nitrogens is 2. The molecule has 0 amide bonds. The molecule has 3 rings (SSSR count). The SMILES string of the molecule is CSc1nc(N)c2c(n1)OC(N)=C(C#N)[C@H]2c1cccc(F)c1. The minimum Gasteiger partial charge on any atom is -0.422 e. The van der Waals surface area contributed by atoms with Crippen LogP contribution in [0, 0.1) is 17.1 Å². The molecule has 1 aromatic carbocycles. The van der Waals surface area contributed by atoms with Crippen LogP contribution in [-0.4, -0.2) is 16.2 Å². The van der Waals surface area contributed by atoms with E-state index in [2.05, 4.69) is 9.97 Å². The zero-order valence-corrected chi connectivity index (χ0v) is 12.9. The number of nitrogens with two attached hydrogens (primary N) is 2. The van der Waals surface area contributed by atoms with E-state index in [1.807, 2.05) is 6.07 Å². The van der Waals surface area contributed by atoms with E-state index in [-0.39, 0.29) is 23.2 Å². The molecule has 0 fully saturated rings.